The molecule has 0 aliphatic carbocycles. The Balaban J connectivity index is 0.00000341. The number of likely N-dealkylation sites (tertiary alicyclic amines) is 1. The fraction of sp³-hybridized carbons (Fsp3) is 0.619. The van der Waals surface area contributed by atoms with Gasteiger partial charge < -0.3 is 31.1 Å². The van der Waals surface area contributed by atoms with Gasteiger partial charge in [-0.3, -0.25) is 0 Å². The molecule has 1 aromatic carbocycles. The van der Waals surface area contributed by atoms with E-state index in [2.05, 4.69) is 40.5 Å². The molecule has 1 aromatic rings. The lowest BCUT2D eigenvalue weighted by Crippen LogP contribution is -2.50. The second-order valence-corrected chi connectivity index (χ2v) is 8.37. The van der Waals surface area contributed by atoms with Crippen molar-refractivity contribution in [3.8, 4) is 0 Å². The molecule has 2 heterocycles. The third-order valence-electron chi connectivity index (χ3n) is 5.83. The summed E-state index contributed by atoms with van der Waals surface area (Å²) in [4.78, 5) is 22.6. The van der Waals surface area contributed by atoms with Gasteiger partial charge in [0.2, 0.25) is 0 Å². The van der Waals surface area contributed by atoms with Gasteiger partial charge in [-0.1, -0.05) is 17.7 Å². The maximum absolute atomic E-state index is 11.3. The molecule has 0 bridgehead atoms. The van der Waals surface area contributed by atoms with Gasteiger partial charge in [0.15, 0.2) is 5.96 Å². The Kier molecular flexibility index (Phi) is 10.4. The van der Waals surface area contributed by atoms with Crippen LogP contribution >= 0.6 is 35.6 Å². The van der Waals surface area contributed by atoms with Crippen molar-refractivity contribution in [3.63, 3.8) is 0 Å². The molecule has 0 aromatic heterocycles. The van der Waals surface area contributed by atoms with Crippen molar-refractivity contribution >= 4 is 53.3 Å². The molecule has 0 unspecified atom stereocenters. The average molecular weight is 564 g/mol. The van der Waals surface area contributed by atoms with Crippen LogP contribution in [0.2, 0.25) is 5.02 Å². The summed E-state index contributed by atoms with van der Waals surface area (Å²) in [7, 11) is 2.16. The van der Waals surface area contributed by atoms with Crippen molar-refractivity contribution in [1.82, 2.24) is 20.4 Å². The highest BCUT2D eigenvalue weighted by atomic mass is 127. The number of benzene rings is 1. The summed E-state index contributed by atoms with van der Waals surface area (Å²) in [6.45, 7) is 8.76. The van der Waals surface area contributed by atoms with Crippen LogP contribution in [0.15, 0.2) is 23.2 Å². The zero-order valence-corrected chi connectivity index (χ0v) is 21.5. The van der Waals surface area contributed by atoms with Gasteiger partial charge in [0.25, 0.3) is 0 Å². The number of amides is 2. The second kappa shape index (κ2) is 12.5. The Hall–Kier alpha value is -1.46. The van der Waals surface area contributed by atoms with E-state index in [-0.39, 0.29) is 36.0 Å². The number of guanidine groups is 1. The van der Waals surface area contributed by atoms with Gasteiger partial charge in [-0.15, -0.1) is 24.0 Å². The van der Waals surface area contributed by atoms with E-state index in [1.54, 1.807) is 4.90 Å². The largest absolute Gasteiger partial charge is 0.369 e. The number of rotatable bonds is 5. The number of nitrogens with two attached hydrogens (primary N) is 1. The fourth-order valence-corrected chi connectivity index (χ4v) is 4.19. The van der Waals surface area contributed by atoms with E-state index < -0.39 is 0 Å². The quantitative estimate of drug-likeness (QED) is 0.291. The number of primary amides is 1. The van der Waals surface area contributed by atoms with Gasteiger partial charge in [0, 0.05) is 68.1 Å². The van der Waals surface area contributed by atoms with Crippen molar-refractivity contribution in [2.24, 2.45) is 10.7 Å². The van der Waals surface area contributed by atoms with E-state index in [0.29, 0.717) is 19.6 Å². The number of hydrogen-bond donors (Lipinski definition) is 3. The lowest BCUT2D eigenvalue weighted by atomic mass is 10.1. The molecule has 2 aliphatic heterocycles. The number of hydrogen-bond acceptors (Lipinski definition) is 4. The van der Waals surface area contributed by atoms with Crippen LogP contribution in [0.25, 0.3) is 0 Å². The number of halogens is 2. The molecule has 4 N–H and O–H groups in total. The molecule has 3 rings (SSSR count). The second-order valence-electron chi connectivity index (χ2n) is 7.97. The SMILES string of the molecule is CCNC(=NCc1c(Cl)cccc1N1CCN(C)CC1)NC1CCN(C(N)=O)CC1.I. The number of carbonyl (C=O) groups is 1. The van der Waals surface area contributed by atoms with Crippen molar-refractivity contribution in [2.45, 2.75) is 32.4 Å². The Bertz CT molecular complexity index is 747. The molecule has 2 amide bonds. The van der Waals surface area contributed by atoms with E-state index in [0.717, 1.165) is 62.1 Å². The molecule has 2 fully saturated rings. The van der Waals surface area contributed by atoms with Crippen LogP contribution in [-0.4, -0.2) is 80.7 Å². The molecule has 0 saturated carbocycles. The highest BCUT2D eigenvalue weighted by Crippen LogP contribution is 2.29. The minimum absolute atomic E-state index is 0. The van der Waals surface area contributed by atoms with Crippen molar-refractivity contribution < 1.29 is 4.79 Å². The summed E-state index contributed by atoms with van der Waals surface area (Å²) in [5.74, 6) is 0.777. The van der Waals surface area contributed by atoms with Gasteiger partial charge >= 0.3 is 6.03 Å². The predicted octanol–water partition coefficient (Wildman–Crippen LogP) is 2.31. The Morgan fingerprint density at radius 3 is 2.48 bits per heavy atom. The van der Waals surface area contributed by atoms with Crippen LogP contribution in [0.4, 0.5) is 10.5 Å². The number of piperidine rings is 1. The van der Waals surface area contributed by atoms with Gasteiger partial charge in [-0.05, 0) is 38.9 Å². The van der Waals surface area contributed by atoms with E-state index in [9.17, 15) is 4.79 Å². The highest BCUT2D eigenvalue weighted by Gasteiger charge is 2.22. The maximum Gasteiger partial charge on any atom is 0.314 e. The van der Waals surface area contributed by atoms with Crippen molar-refractivity contribution in [2.75, 3.05) is 57.8 Å². The summed E-state index contributed by atoms with van der Waals surface area (Å²) < 4.78 is 0. The number of carbonyl (C=O) groups excluding carboxylic acids is 1. The number of anilines is 1. The van der Waals surface area contributed by atoms with E-state index in [1.807, 2.05) is 12.1 Å². The number of likely N-dealkylation sites (N-methyl/N-ethyl adjacent to an activating group) is 1. The summed E-state index contributed by atoms with van der Waals surface area (Å²) in [5, 5.41) is 7.59. The average Bonchev–Trinajstić information content (AvgIpc) is 2.74. The number of aliphatic imine (C=N–C) groups is 1. The lowest BCUT2D eigenvalue weighted by molar-refractivity contribution is 0.188. The molecule has 174 valence electrons. The molecule has 0 radical (unpaired) electrons. The summed E-state index contributed by atoms with van der Waals surface area (Å²) in [5.41, 5.74) is 7.61. The fourth-order valence-electron chi connectivity index (χ4n) is 3.96. The number of nitrogens with zero attached hydrogens (tertiary/aromatic N) is 4. The van der Waals surface area contributed by atoms with E-state index in [1.165, 1.54) is 5.69 Å². The Labute approximate surface area is 207 Å². The topological polar surface area (TPSA) is 89.2 Å². The molecular formula is C21H35ClIN7O. The first-order chi connectivity index (χ1) is 14.5. The van der Waals surface area contributed by atoms with Crippen LogP contribution in [-0.2, 0) is 6.54 Å². The molecule has 2 aliphatic rings. The first-order valence-corrected chi connectivity index (χ1v) is 11.2. The van der Waals surface area contributed by atoms with Gasteiger partial charge in [-0.2, -0.15) is 0 Å². The number of nitrogens with one attached hydrogen (secondary N) is 2. The normalized spacial score (nSPS) is 18.5. The van der Waals surface area contributed by atoms with Crippen molar-refractivity contribution in [3.05, 3.63) is 28.8 Å². The molecular weight excluding hydrogens is 529 g/mol. The predicted molar refractivity (Wildman–Crippen MR) is 139 cm³/mol. The molecule has 2 saturated heterocycles. The molecule has 8 nitrogen and oxygen atoms in total. The first kappa shape index (κ1) is 25.8. The zero-order chi connectivity index (χ0) is 21.5. The van der Waals surface area contributed by atoms with E-state index in [4.69, 9.17) is 22.3 Å². The van der Waals surface area contributed by atoms with Crippen LogP contribution in [0.3, 0.4) is 0 Å². The minimum atomic E-state index is -0.343. The number of urea groups is 1. The van der Waals surface area contributed by atoms with Crippen LogP contribution in [0, 0.1) is 0 Å². The van der Waals surface area contributed by atoms with Crippen LogP contribution < -0.4 is 21.3 Å². The highest BCUT2D eigenvalue weighted by molar-refractivity contribution is 14.0. The standard InChI is InChI=1S/C21H34ClN7O.HI/c1-3-24-21(26-16-7-9-29(10-8-16)20(23)30)25-15-17-18(22)5-4-6-19(17)28-13-11-27(2)12-14-28;/h4-6,16H,3,7-15H2,1-2H3,(H2,23,30)(H2,24,25,26);1H. The zero-order valence-electron chi connectivity index (χ0n) is 18.4. The van der Waals surface area contributed by atoms with Crippen molar-refractivity contribution in [1.29, 1.82) is 0 Å². The van der Waals surface area contributed by atoms with Gasteiger partial charge in [0.1, 0.15) is 0 Å². The summed E-state index contributed by atoms with van der Waals surface area (Å²) in [6, 6.07) is 6.01. The number of piperazine rings is 1. The molecule has 0 atom stereocenters. The van der Waals surface area contributed by atoms with Gasteiger partial charge in [-0.25, -0.2) is 9.79 Å². The Morgan fingerprint density at radius 1 is 1.19 bits per heavy atom. The summed E-state index contributed by atoms with van der Waals surface area (Å²) in [6.07, 6.45) is 1.71. The van der Waals surface area contributed by atoms with Crippen LogP contribution in [0.5, 0.6) is 0 Å². The van der Waals surface area contributed by atoms with Gasteiger partial charge in [0.05, 0.1) is 6.54 Å². The third-order valence-corrected chi connectivity index (χ3v) is 6.18. The summed E-state index contributed by atoms with van der Waals surface area (Å²) >= 11 is 6.58. The molecule has 31 heavy (non-hydrogen) atoms. The Morgan fingerprint density at radius 2 is 1.87 bits per heavy atom. The molecule has 10 heteroatoms. The first-order valence-electron chi connectivity index (χ1n) is 10.8. The van der Waals surface area contributed by atoms with Crippen LogP contribution in [0.1, 0.15) is 25.3 Å². The lowest BCUT2D eigenvalue weighted by Gasteiger charge is -2.35. The monoisotopic (exact) mass is 563 g/mol. The smallest absolute Gasteiger partial charge is 0.314 e. The maximum atomic E-state index is 11.3. The van der Waals surface area contributed by atoms with E-state index >= 15 is 0 Å². The minimum Gasteiger partial charge on any atom is -0.369 e. The third kappa shape index (κ3) is 7.28. The molecule has 0 spiro atoms.